The Morgan fingerprint density at radius 3 is 2.47 bits per heavy atom. The van der Waals surface area contributed by atoms with Crippen molar-refractivity contribution in [1.29, 1.82) is 0 Å². The lowest BCUT2D eigenvalue weighted by Crippen LogP contribution is -2.51. The highest BCUT2D eigenvalue weighted by Crippen LogP contribution is 2.24. The Bertz CT molecular complexity index is 343. The number of nitrogens with zero attached hydrogens (tertiary/aromatic N) is 2. The molecular formula is C15H26N2O2. The van der Waals surface area contributed by atoms with Gasteiger partial charge in [0, 0.05) is 25.6 Å². The molecule has 4 nitrogen and oxygen atoms in total. The average Bonchev–Trinajstić information content (AvgIpc) is 2.88. The number of carbonyl (C=O) groups is 2. The average molecular weight is 266 g/mol. The number of likely N-dealkylation sites (tertiary alicyclic amines) is 2. The highest BCUT2D eigenvalue weighted by atomic mass is 16.2. The Kier molecular flexibility index (Phi) is 4.83. The molecule has 0 aromatic carbocycles. The van der Waals surface area contributed by atoms with E-state index in [0.29, 0.717) is 12.5 Å². The zero-order valence-electron chi connectivity index (χ0n) is 12.2. The fraction of sp³-hybridized carbons (Fsp3) is 0.867. The Morgan fingerprint density at radius 1 is 1.05 bits per heavy atom. The maximum atomic E-state index is 12.7. The number of hydrogen-bond donors (Lipinski definition) is 0. The molecule has 108 valence electrons. The number of piperidine rings is 1. The van der Waals surface area contributed by atoms with Crippen LogP contribution < -0.4 is 0 Å². The van der Waals surface area contributed by atoms with Gasteiger partial charge in [0.25, 0.3) is 0 Å². The minimum Gasteiger partial charge on any atom is -0.338 e. The van der Waals surface area contributed by atoms with Gasteiger partial charge in [0.2, 0.25) is 11.8 Å². The number of carbonyl (C=O) groups excluding carboxylic acids is 2. The van der Waals surface area contributed by atoms with Crippen molar-refractivity contribution in [1.82, 2.24) is 9.80 Å². The number of rotatable bonds is 3. The molecule has 0 aromatic rings. The summed E-state index contributed by atoms with van der Waals surface area (Å²) < 4.78 is 0. The quantitative estimate of drug-likeness (QED) is 0.785. The Labute approximate surface area is 116 Å². The minimum atomic E-state index is -0.181. The van der Waals surface area contributed by atoms with Crippen LogP contribution in [-0.2, 0) is 9.59 Å². The van der Waals surface area contributed by atoms with E-state index in [1.807, 2.05) is 16.7 Å². The van der Waals surface area contributed by atoms with E-state index in [1.165, 1.54) is 6.42 Å². The summed E-state index contributed by atoms with van der Waals surface area (Å²) in [5, 5.41) is 0. The van der Waals surface area contributed by atoms with Crippen LogP contribution in [0.2, 0.25) is 0 Å². The SMILES string of the molecule is CCCC(=O)N1CCC[C@@H]1C(=O)N1CCCC[C@@H]1C. The van der Waals surface area contributed by atoms with Gasteiger partial charge < -0.3 is 9.80 Å². The highest BCUT2D eigenvalue weighted by molar-refractivity contribution is 5.88. The van der Waals surface area contributed by atoms with Gasteiger partial charge in [-0.3, -0.25) is 9.59 Å². The van der Waals surface area contributed by atoms with Crippen molar-refractivity contribution in [2.45, 2.75) is 70.9 Å². The van der Waals surface area contributed by atoms with E-state index in [9.17, 15) is 9.59 Å². The summed E-state index contributed by atoms with van der Waals surface area (Å²) in [7, 11) is 0. The van der Waals surface area contributed by atoms with Gasteiger partial charge in [0.05, 0.1) is 0 Å². The molecule has 2 heterocycles. The maximum absolute atomic E-state index is 12.7. The second-order valence-electron chi connectivity index (χ2n) is 5.87. The van der Waals surface area contributed by atoms with Gasteiger partial charge in [0.15, 0.2) is 0 Å². The third-order valence-corrected chi connectivity index (χ3v) is 4.41. The molecule has 4 heteroatoms. The van der Waals surface area contributed by atoms with E-state index in [4.69, 9.17) is 0 Å². The van der Waals surface area contributed by atoms with Crippen molar-refractivity contribution in [3.05, 3.63) is 0 Å². The smallest absolute Gasteiger partial charge is 0.245 e. The molecular weight excluding hydrogens is 240 g/mol. The van der Waals surface area contributed by atoms with E-state index < -0.39 is 0 Å². The third kappa shape index (κ3) is 3.10. The van der Waals surface area contributed by atoms with Crippen LogP contribution in [0.4, 0.5) is 0 Å². The minimum absolute atomic E-state index is 0.156. The zero-order valence-corrected chi connectivity index (χ0v) is 12.2. The Balaban J connectivity index is 2.02. The molecule has 0 N–H and O–H groups in total. The number of hydrogen-bond acceptors (Lipinski definition) is 2. The first-order valence-electron chi connectivity index (χ1n) is 7.75. The molecule has 2 fully saturated rings. The molecule has 2 aliphatic heterocycles. The van der Waals surface area contributed by atoms with Crippen LogP contribution in [0.15, 0.2) is 0 Å². The van der Waals surface area contributed by atoms with Gasteiger partial charge in [0.1, 0.15) is 6.04 Å². The molecule has 2 rings (SSSR count). The molecule has 0 unspecified atom stereocenters. The monoisotopic (exact) mass is 266 g/mol. The molecule has 2 amide bonds. The van der Waals surface area contributed by atoms with Gasteiger partial charge >= 0.3 is 0 Å². The molecule has 0 radical (unpaired) electrons. The van der Waals surface area contributed by atoms with Crippen LogP contribution >= 0.6 is 0 Å². The summed E-state index contributed by atoms with van der Waals surface area (Å²) in [6.45, 7) is 5.77. The Morgan fingerprint density at radius 2 is 1.79 bits per heavy atom. The van der Waals surface area contributed by atoms with Crippen molar-refractivity contribution in [2.75, 3.05) is 13.1 Å². The van der Waals surface area contributed by atoms with Crippen molar-refractivity contribution in [2.24, 2.45) is 0 Å². The normalized spacial score (nSPS) is 27.7. The van der Waals surface area contributed by atoms with Crippen LogP contribution in [0.3, 0.4) is 0 Å². The lowest BCUT2D eigenvalue weighted by molar-refractivity contribution is -0.146. The van der Waals surface area contributed by atoms with Gasteiger partial charge in [-0.1, -0.05) is 6.92 Å². The highest BCUT2D eigenvalue weighted by Gasteiger charge is 2.37. The van der Waals surface area contributed by atoms with Crippen molar-refractivity contribution in [3.63, 3.8) is 0 Å². The lowest BCUT2D eigenvalue weighted by atomic mass is 10.0. The van der Waals surface area contributed by atoms with Gasteiger partial charge in [-0.25, -0.2) is 0 Å². The van der Waals surface area contributed by atoms with E-state index in [2.05, 4.69) is 6.92 Å². The predicted molar refractivity (Wildman–Crippen MR) is 74.7 cm³/mol. The standard InChI is InChI=1S/C15H26N2O2/c1-3-7-14(18)17-11-6-9-13(17)15(19)16-10-5-4-8-12(16)2/h12-13H,3-11H2,1-2H3/t12-,13+/m0/s1. The van der Waals surface area contributed by atoms with E-state index in [-0.39, 0.29) is 17.9 Å². The molecule has 19 heavy (non-hydrogen) atoms. The molecule has 2 saturated heterocycles. The van der Waals surface area contributed by atoms with E-state index in [1.54, 1.807) is 0 Å². The second kappa shape index (κ2) is 6.40. The molecule has 0 aromatic heterocycles. The first-order valence-corrected chi connectivity index (χ1v) is 7.75. The van der Waals surface area contributed by atoms with Gasteiger partial charge in [-0.05, 0) is 45.4 Å². The zero-order chi connectivity index (χ0) is 13.8. The summed E-state index contributed by atoms with van der Waals surface area (Å²) in [5.41, 5.74) is 0. The fourth-order valence-corrected chi connectivity index (χ4v) is 3.30. The van der Waals surface area contributed by atoms with E-state index in [0.717, 1.165) is 45.2 Å². The summed E-state index contributed by atoms with van der Waals surface area (Å²) in [6, 6.07) is 0.157. The third-order valence-electron chi connectivity index (χ3n) is 4.41. The molecule has 2 aliphatic rings. The van der Waals surface area contributed by atoms with Crippen LogP contribution in [0.1, 0.15) is 58.8 Å². The first kappa shape index (κ1) is 14.4. The van der Waals surface area contributed by atoms with Crippen molar-refractivity contribution < 1.29 is 9.59 Å². The predicted octanol–water partition coefficient (Wildman–Crippen LogP) is 2.18. The van der Waals surface area contributed by atoms with Gasteiger partial charge in [-0.2, -0.15) is 0 Å². The van der Waals surface area contributed by atoms with Crippen LogP contribution in [0.5, 0.6) is 0 Å². The molecule has 0 saturated carbocycles. The largest absolute Gasteiger partial charge is 0.338 e. The fourth-order valence-electron chi connectivity index (χ4n) is 3.30. The van der Waals surface area contributed by atoms with Crippen LogP contribution in [0, 0.1) is 0 Å². The summed E-state index contributed by atoms with van der Waals surface area (Å²) in [4.78, 5) is 28.6. The lowest BCUT2D eigenvalue weighted by Gasteiger charge is -2.37. The molecule has 2 atom stereocenters. The number of amides is 2. The summed E-state index contributed by atoms with van der Waals surface area (Å²) >= 11 is 0. The van der Waals surface area contributed by atoms with Crippen LogP contribution in [-0.4, -0.2) is 46.8 Å². The van der Waals surface area contributed by atoms with Crippen LogP contribution in [0.25, 0.3) is 0 Å². The van der Waals surface area contributed by atoms with Crippen molar-refractivity contribution in [3.8, 4) is 0 Å². The molecule has 0 bridgehead atoms. The second-order valence-corrected chi connectivity index (χ2v) is 5.87. The van der Waals surface area contributed by atoms with Gasteiger partial charge in [-0.15, -0.1) is 0 Å². The maximum Gasteiger partial charge on any atom is 0.245 e. The Hall–Kier alpha value is -1.06. The van der Waals surface area contributed by atoms with Crippen molar-refractivity contribution >= 4 is 11.8 Å². The van der Waals surface area contributed by atoms with E-state index >= 15 is 0 Å². The topological polar surface area (TPSA) is 40.6 Å². The summed E-state index contributed by atoms with van der Waals surface area (Å²) in [5.74, 6) is 0.345. The first-order chi connectivity index (χ1) is 9.15. The summed E-state index contributed by atoms with van der Waals surface area (Å²) in [6.07, 6.45) is 6.66. The molecule has 0 aliphatic carbocycles. The molecule has 0 spiro atoms.